The van der Waals surface area contributed by atoms with Crippen LogP contribution in [0.4, 0.5) is 0 Å². The summed E-state index contributed by atoms with van der Waals surface area (Å²) >= 11 is 14.6. The average molecular weight is 300 g/mol. The molecule has 0 spiro atoms. The minimum atomic E-state index is -1.07. The Balaban J connectivity index is 2.91. The van der Waals surface area contributed by atoms with Gasteiger partial charge in [-0.15, -0.1) is 0 Å². The highest BCUT2D eigenvalue weighted by Gasteiger charge is 2.10. The lowest BCUT2D eigenvalue weighted by molar-refractivity contribution is -0.139. The Morgan fingerprint density at radius 1 is 1.50 bits per heavy atom. The molecule has 0 fully saturated rings. The molecule has 0 saturated carbocycles. The Morgan fingerprint density at radius 3 is 2.64 bits per heavy atom. The second kappa shape index (κ2) is 4.87. The van der Waals surface area contributed by atoms with Gasteiger partial charge in [0.05, 0.1) is 9.50 Å². The van der Waals surface area contributed by atoms with E-state index >= 15 is 0 Å². The Bertz CT molecular complexity index is 345. The van der Waals surface area contributed by atoms with E-state index in [0.717, 1.165) is 0 Å². The Kier molecular flexibility index (Phi) is 4.04. The molecule has 0 heterocycles. The van der Waals surface area contributed by atoms with Crippen molar-refractivity contribution >= 4 is 45.1 Å². The summed E-state index contributed by atoms with van der Waals surface area (Å²) in [6.07, 6.45) is 0. The molecule has 6 heteroatoms. The zero-order valence-electron chi connectivity index (χ0n) is 6.76. The molecular formula is C8H5BrCl2O3. The molecular weight excluding hydrogens is 295 g/mol. The van der Waals surface area contributed by atoms with Crippen molar-refractivity contribution in [2.24, 2.45) is 0 Å². The van der Waals surface area contributed by atoms with Gasteiger partial charge in [0.25, 0.3) is 0 Å². The van der Waals surface area contributed by atoms with Gasteiger partial charge in [0.1, 0.15) is 0 Å². The van der Waals surface area contributed by atoms with Gasteiger partial charge >= 0.3 is 5.97 Å². The summed E-state index contributed by atoms with van der Waals surface area (Å²) in [6.45, 7) is -0.444. The van der Waals surface area contributed by atoms with E-state index in [1.165, 1.54) is 6.07 Å². The number of aliphatic carboxylic acids is 1. The first-order valence-corrected chi connectivity index (χ1v) is 5.04. The van der Waals surface area contributed by atoms with Gasteiger partial charge in [-0.1, -0.05) is 23.2 Å². The third-order valence-corrected chi connectivity index (χ3v) is 2.39. The molecule has 1 N–H and O–H groups in total. The highest BCUT2D eigenvalue weighted by atomic mass is 79.9. The van der Waals surface area contributed by atoms with E-state index in [1.807, 2.05) is 0 Å². The number of hydrogen-bond donors (Lipinski definition) is 1. The fourth-order valence-electron chi connectivity index (χ4n) is 0.801. The van der Waals surface area contributed by atoms with Gasteiger partial charge in [0.2, 0.25) is 0 Å². The molecule has 76 valence electrons. The zero-order chi connectivity index (χ0) is 10.7. The van der Waals surface area contributed by atoms with Crippen LogP contribution in [0.3, 0.4) is 0 Å². The molecule has 0 amide bonds. The number of carboxylic acids is 1. The van der Waals surface area contributed by atoms with E-state index in [-0.39, 0.29) is 10.8 Å². The summed E-state index contributed by atoms with van der Waals surface area (Å²) in [6, 6.07) is 3.05. The monoisotopic (exact) mass is 298 g/mol. The zero-order valence-corrected chi connectivity index (χ0v) is 9.86. The number of benzene rings is 1. The van der Waals surface area contributed by atoms with Crippen LogP contribution in [-0.2, 0) is 4.79 Å². The first-order valence-electron chi connectivity index (χ1n) is 3.50. The van der Waals surface area contributed by atoms with E-state index in [9.17, 15) is 4.79 Å². The molecule has 14 heavy (non-hydrogen) atoms. The SMILES string of the molecule is O=C(O)COc1c(Cl)cc(Cl)cc1Br. The van der Waals surface area contributed by atoms with Crippen LogP contribution in [-0.4, -0.2) is 17.7 Å². The molecule has 0 bridgehead atoms. The lowest BCUT2D eigenvalue weighted by Crippen LogP contribution is -2.09. The summed E-state index contributed by atoms with van der Waals surface area (Å²) in [5, 5.41) is 9.12. The van der Waals surface area contributed by atoms with Gasteiger partial charge in [-0.2, -0.15) is 0 Å². The predicted octanol–water partition coefficient (Wildman–Crippen LogP) is 3.22. The van der Waals surface area contributed by atoms with Crippen molar-refractivity contribution in [2.75, 3.05) is 6.61 Å². The van der Waals surface area contributed by atoms with E-state index in [4.69, 9.17) is 33.0 Å². The first-order chi connectivity index (χ1) is 6.50. The molecule has 1 aromatic carbocycles. The second-order valence-corrected chi connectivity index (χ2v) is 4.08. The van der Waals surface area contributed by atoms with Crippen LogP contribution in [0.25, 0.3) is 0 Å². The maximum Gasteiger partial charge on any atom is 0.341 e. The van der Waals surface area contributed by atoms with Crippen LogP contribution >= 0.6 is 39.1 Å². The number of hydrogen-bond acceptors (Lipinski definition) is 2. The normalized spacial score (nSPS) is 9.93. The molecule has 0 aliphatic rings. The molecule has 0 radical (unpaired) electrons. The van der Waals surface area contributed by atoms with Crippen molar-refractivity contribution in [3.05, 3.63) is 26.7 Å². The molecule has 0 atom stereocenters. The molecule has 0 aromatic heterocycles. The Hall–Kier alpha value is -0.450. The van der Waals surface area contributed by atoms with Crippen LogP contribution in [0, 0.1) is 0 Å². The summed E-state index contributed by atoms with van der Waals surface area (Å²) in [7, 11) is 0. The largest absolute Gasteiger partial charge is 0.479 e. The molecule has 0 aliphatic heterocycles. The number of halogens is 3. The van der Waals surface area contributed by atoms with Crippen molar-refractivity contribution in [2.45, 2.75) is 0 Å². The van der Waals surface area contributed by atoms with Gasteiger partial charge in [-0.25, -0.2) is 4.79 Å². The maximum atomic E-state index is 10.3. The Labute approximate surface area is 98.7 Å². The highest BCUT2D eigenvalue weighted by molar-refractivity contribution is 9.10. The lowest BCUT2D eigenvalue weighted by atomic mass is 10.3. The van der Waals surface area contributed by atoms with Crippen LogP contribution in [0.2, 0.25) is 10.0 Å². The van der Waals surface area contributed by atoms with E-state index in [2.05, 4.69) is 15.9 Å². The number of ether oxygens (including phenoxy) is 1. The average Bonchev–Trinajstić information content (AvgIpc) is 2.01. The quantitative estimate of drug-likeness (QED) is 0.932. The molecule has 1 rings (SSSR count). The topological polar surface area (TPSA) is 46.5 Å². The smallest absolute Gasteiger partial charge is 0.341 e. The molecule has 0 aliphatic carbocycles. The fourth-order valence-corrected chi connectivity index (χ4v) is 2.17. The van der Waals surface area contributed by atoms with Crippen LogP contribution in [0.5, 0.6) is 5.75 Å². The first kappa shape index (κ1) is 11.6. The summed E-state index contributed by atoms with van der Waals surface area (Å²) in [5.41, 5.74) is 0. The van der Waals surface area contributed by atoms with Crippen molar-refractivity contribution < 1.29 is 14.6 Å². The van der Waals surface area contributed by atoms with Crippen molar-refractivity contribution in [3.63, 3.8) is 0 Å². The standard InChI is InChI=1S/C8H5BrCl2O3/c9-5-1-4(10)2-6(11)8(5)14-3-7(12)13/h1-2H,3H2,(H,12,13). The summed E-state index contributed by atoms with van der Waals surface area (Å²) in [4.78, 5) is 10.3. The van der Waals surface area contributed by atoms with Gasteiger partial charge in [0.15, 0.2) is 12.4 Å². The lowest BCUT2D eigenvalue weighted by Gasteiger charge is -2.07. The molecule has 0 saturated heterocycles. The van der Waals surface area contributed by atoms with Gasteiger partial charge < -0.3 is 9.84 Å². The molecule has 1 aromatic rings. The minimum absolute atomic E-state index is 0.269. The van der Waals surface area contributed by atoms with Crippen molar-refractivity contribution in [1.29, 1.82) is 0 Å². The van der Waals surface area contributed by atoms with Gasteiger partial charge in [-0.3, -0.25) is 0 Å². The number of rotatable bonds is 3. The van der Waals surface area contributed by atoms with Crippen LogP contribution < -0.4 is 4.74 Å². The number of carboxylic acid groups (broad SMARTS) is 1. The predicted molar refractivity (Wildman–Crippen MR) is 57.3 cm³/mol. The van der Waals surface area contributed by atoms with Gasteiger partial charge in [0, 0.05) is 5.02 Å². The van der Waals surface area contributed by atoms with E-state index < -0.39 is 12.6 Å². The number of carbonyl (C=O) groups is 1. The molecule has 0 unspecified atom stereocenters. The maximum absolute atomic E-state index is 10.3. The second-order valence-electron chi connectivity index (χ2n) is 2.38. The van der Waals surface area contributed by atoms with Gasteiger partial charge in [-0.05, 0) is 28.1 Å². The van der Waals surface area contributed by atoms with Crippen LogP contribution in [0.1, 0.15) is 0 Å². The van der Waals surface area contributed by atoms with E-state index in [1.54, 1.807) is 6.07 Å². The van der Waals surface area contributed by atoms with Crippen molar-refractivity contribution in [3.8, 4) is 5.75 Å². The van der Waals surface area contributed by atoms with Crippen LogP contribution in [0.15, 0.2) is 16.6 Å². The Morgan fingerprint density at radius 2 is 2.14 bits per heavy atom. The third-order valence-electron chi connectivity index (χ3n) is 1.30. The summed E-state index contributed by atoms with van der Waals surface area (Å²) < 4.78 is 5.47. The third kappa shape index (κ3) is 3.04. The minimum Gasteiger partial charge on any atom is -0.479 e. The highest BCUT2D eigenvalue weighted by Crippen LogP contribution is 2.35. The fraction of sp³-hybridized carbons (Fsp3) is 0.125. The molecule has 3 nitrogen and oxygen atoms in total. The van der Waals surface area contributed by atoms with Crippen molar-refractivity contribution in [1.82, 2.24) is 0 Å². The summed E-state index contributed by atoms with van der Waals surface area (Å²) in [5.74, 6) is -0.790. The van der Waals surface area contributed by atoms with E-state index in [0.29, 0.717) is 9.50 Å².